The van der Waals surface area contributed by atoms with Gasteiger partial charge in [-0.15, -0.1) is 0 Å². The SMILES string of the molecule is C=C(O)[C@@H]1C[C@@H](O)C/C(=C/C=C2\CCC[C@@]3(C)C2CC[C@@H]3[C@@H](C)COCCCC(C)(C)O)C1=C. The molecule has 0 aliphatic heterocycles. The maximum atomic E-state index is 10.3. The molecule has 3 N–H and O–H groups in total. The maximum absolute atomic E-state index is 10.3. The summed E-state index contributed by atoms with van der Waals surface area (Å²) in [4.78, 5) is 0. The standard InChI is InChI=1S/C30H48O4/c1-20(19-34-16-8-14-29(4,5)33)27-12-13-28-23(9-7-15-30(27,28)6)10-11-24-17-25(32)18-26(21(24)2)22(3)31/h10-11,20,25-28,31-33H,2-3,7-9,12-19H2,1,4-6H3/b23-10+,24-11-/t20-,25-,26+,27+,28?,30+/m0/s1. The van der Waals surface area contributed by atoms with E-state index in [0.29, 0.717) is 36.0 Å². The van der Waals surface area contributed by atoms with E-state index >= 15 is 0 Å². The topological polar surface area (TPSA) is 69.9 Å². The highest BCUT2D eigenvalue weighted by Gasteiger charge is 2.50. The molecular weight excluding hydrogens is 424 g/mol. The fraction of sp³-hybridized carbons (Fsp3) is 0.733. The molecule has 0 bridgehead atoms. The molecule has 0 aromatic carbocycles. The van der Waals surface area contributed by atoms with Crippen molar-refractivity contribution in [2.24, 2.45) is 29.1 Å². The van der Waals surface area contributed by atoms with Crippen LogP contribution < -0.4 is 0 Å². The number of aliphatic hydroxyl groups excluding tert-OH is 2. The second-order valence-corrected chi connectivity index (χ2v) is 12.2. The van der Waals surface area contributed by atoms with Crippen molar-refractivity contribution in [2.45, 2.75) is 97.2 Å². The fourth-order valence-corrected chi connectivity index (χ4v) is 7.03. The summed E-state index contributed by atoms with van der Waals surface area (Å²) < 4.78 is 6.04. The quantitative estimate of drug-likeness (QED) is 0.259. The molecule has 4 nitrogen and oxygen atoms in total. The highest BCUT2D eigenvalue weighted by atomic mass is 16.5. The van der Waals surface area contributed by atoms with Gasteiger partial charge in [-0.2, -0.15) is 0 Å². The summed E-state index contributed by atoms with van der Waals surface area (Å²) in [6.45, 7) is 18.0. The van der Waals surface area contributed by atoms with Gasteiger partial charge < -0.3 is 20.1 Å². The third-order valence-electron chi connectivity index (χ3n) is 8.88. The molecule has 4 heteroatoms. The number of allylic oxidation sites excluding steroid dienone is 4. The van der Waals surface area contributed by atoms with Crippen molar-refractivity contribution in [1.29, 1.82) is 0 Å². The fourth-order valence-electron chi connectivity index (χ4n) is 7.03. The van der Waals surface area contributed by atoms with E-state index in [2.05, 4.69) is 39.2 Å². The van der Waals surface area contributed by atoms with Crippen LogP contribution in [0.2, 0.25) is 0 Å². The van der Waals surface area contributed by atoms with E-state index in [4.69, 9.17) is 4.74 Å². The van der Waals surface area contributed by atoms with Gasteiger partial charge in [0.15, 0.2) is 0 Å². The Morgan fingerprint density at radius 2 is 2.03 bits per heavy atom. The molecule has 3 fully saturated rings. The van der Waals surface area contributed by atoms with Gasteiger partial charge in [0.05, 0.1) is 17.5 Å². The van der Waals surface area contributed by atoms with Crippen LogP contribution in [0.1, 0.15) is 85.5 Å². The predicted molar refractivity (Wildman–Crippen MR) is 139 cm³/mol. The Hall–Kier alpha value is -1.36. The van der Waals surface area contributed by atoms with Crippen molar-refractivity contribution in [3.63, 3.8) is 0 Å². The summed E-state index contributed by atoms with van der Waals surface area (Å²) in [5.74, 6) is 1.65. The second-order valence-electron chi connectivity index (χ2n) is 12.2. The summed E-state index contributed by atoms with van der Waals surface area (Å²) in [6, 6.07) is 0. The molecule has 0 heterocycles. The average molecular weight is 473 g/mol. The highest BCUT2D eigenvalue weighted by molar-refractivity contribution is 5.40. The number of ether oxygens (including phenoxy) is 1. The zero-order chi connectivity index (χ0) is 25.1. The lowest BCUT2D eigenvalue weighted by Crippen LogP contribution is -2.37. The van der Waals surface area contributed by atoms with Gasteiger partial charge in [-0.05, 0) is 106 Å². The van der Waals surface area contributed by atoms with E-state index < -0.39 is 11.7 Å². The van der Waals surface area contributed by atoms with Gasteiger partial charge in [-0.3, -0.25) is 0 Å². The van der Waals surface area contributed by atoms with E-state index in [1.54, 1.807) is 0 Å². The Labute approximate surface area is 207 Å². The molecule has 0 aromatic heterocycles. The molecule has 0 saturated heterocycles. The monoisotopic (exact) mass is 472 g/mol. The number of rotatable bonds is 9. The molecule has 1 unspecified atom stereocenters. The third-order valence-corrected chi connectivity index (χ3v) is 8.88. The van der Waals surface area contributed by atoms with Crippen LogP contribution in [0, 0.1) is 29.1 Å². The van der Waals surface area contributed by atoms with Gasteiger partial charge in [0.25, 0.3) is 0 Å². The molecule has 34 heavy (non-hydrogen) atoms. The van der Waals surface area contributed by atoms with Gasteiger partial charge in [-0.1, -0.05) is 44.7 Å². The molecule has 6 atom stereocenters. The van der Waals surface area contributed by atoms with Crippen LogP contribution in [0.3, 0.4) is 0 Å². The van der Waals surface area contributed by atoms with Crippen molar-refractivity contribution in [3.8, 4) is 0 Å². The minimum Gasteiger partial charge on any atom is -0.512 e. The molecule has 0 radical (unpaired) electrons. The van der Waals surface area contributed by atoms with E-state index in [1.165, 1.54) is 31.3 Å². The molecule has 0 amide bonds. The van der Waals surface area contributed by atoms with Crippen molar-refractivity contribution < 1.29 is 20.1 Å². The molecule has 3 aliphatic carbocycles. The van der Waals surface area contributed by atoms with E-state index in [-0.39, 0.29) is 11.7 Å². The summed E-state index contributed by atoms with van der Waals surface area (Å²) >= 11 is 0. The molecule has 3 saturated carbocycles. The summed E-state index contributed by atoms with van der Waals surface area (Å²) in [7, 11) is 0. The summed E-state index contributed by atoms with van der Waals surface area (Å²) in [5, 5.41) is 30.1. The summed E-state index contributed by atoms with van der Waals surface area (Å²) in [5.41, 5.74) is 3.17. The molecule has 0 spiro atoms. The second kappa shape index (κ2) is 11.1. The first kappa shape index (κ1) is 27.2. The van der Waals surface area contributed by atoms with Crippen LogP contribution in [-0.4, -0.2) is 40.2 Å². The zero-order valence-corrected chi connectivity index (χ0v) is 22.0. The molecule has 3 aliphatic rings. The summed E-state index contributed by atoms with van der Waals surface area (Å²) in [6.07, 6.45) is 12.9. The van der Waals surface area contributed by atoms with Gasteiger partial charge in [-0.25, -0.2) is 0 Å². The Morgan fingerprint density at radius 3 is 2.71 bits per heavy atom. The first-order valence-corrected chi connectivity index (χ1v) is 13.4. The highest BCUT2D eigenvalue weighted by Crippen LogP contribution is 2.59. The van der Waals surface area contributed by atoms with Crippen LogP contribution in [0.25, 0.3) is 0 Å². The number of hydrogen-bond acceptors (Lipinski definition) is 4. The van der Waals surface area contributed by atoms with Crippen molar-refractivity contribution >= 4 is 0 Å². The average Bonchev–Trinajstić information content (AvgIpc) is 3.10. The van der Waals surface area contributed by atoms with E-state index in [1.807, 2.05) is 13.8 Å². The minimum absolute atomic E-state index is 0.0995. The number of fused-ring (bicyclic) bond motifs is 1. The molecule has 192 valence electrons. The lowest BCUT2D eigenvalue weighted by atomic mass is 9.61. The largest absolute Gasteiger partial charge is 0.512 e. The Balaban J connectivity index is 1.64. The van der Waals surface area contributed by atoms with Gasteiger partial charge in [0.1, 0.15) is 0 Å². The van der Waals surface area contributed by atoms with Gasteiger partial charge >= 0.3 is 0 Å². The van der Waals surface area contributed by atoms with E-state index in [9.17, 15) is 15.3 Å². The normalized spacial score (nSPS) is 35.5. The predicted octanol–water partition coefficient (Wildman–Crippen LogP) is 6.66. The molecular formula is C30H48O4. The van der Waals surface area contributed by atoms with Crippen LogP contribution in [-0.2, 0) is 4.74 Å². The number of aliphatic hydroxyl groups is 3. The van der Waals surface area contributed by atoms with Crippen molar-refractivity contribution in [3.05, 3.63) is 47.8 Å². The smallest absolute Gasteiger partial charge is 0.0926 e. The Bertz CT molecular complexity index is 801. The van der Waals surface area contributed by atoms with Crippen LogP contribution in [0.4, 0.5) is 0 Å². The van der Waals surface area contributed by atoms with Gasteiger partial charge in [0, 0.05) is 19.1 Å². The third kappa shape index (κ3) is 6.44. The van der Waals surface area contributed by atoms with Crippen LogP contribution >= 0.6 is 0 Å². The maximum Gasteiger partial charge on any atom is 0.0926 e. The number of hydrogen-bond donors (Lipinski definition) is 3. The Morgan fingerprint density at radius 1 is 1.29 bits per heavy atom. The van der Waals surface area contributed by atoms with E-state index in [0.717, 1.165) is 43.6 Å². The van der Waals surface area contributed by atoms with Crippen molar-refractivity contribution in [1.82, 2.24) is 0 Å². The van der Waals surface area contributed by atoms with Crippen LogP contribution in [0.5, 0.6) is 0 Å². The molecule has 3 rings (SSSR count). The minimum atomic E-state index is -0.615. The van der Waals surface area contributed by atoms with Crippen molar-refractivity contribution in [2.75, 3.05) is 13.2 Å². The lowest BCUT2D eigenvalue weighted by molar-refractivity contribution is 0.0209. The van der Waals surface area contributed by atoms with Gasteiger partial charge in [0.2, 0.25) is 0 Å². The first-order valence-electron chi connectivity index (χ1n) is 13.4. The first-order chi connectivity index (χ1) is 15.9. The molecule has 0 aromatic rings. The Kier molecular flexibility index (Phi) is 8.92. The van der Waals surface area contributed by atoms with Crippen LogP contribution in [0.15, 0.2) is 47.8 Å². The lowest BCUT2D eigenvalue weighted by Gasteiger charge is -2.44. The zero-order valence-electron chi connectivity index (χ0n) is 22.0.